The first kappa shape index (κ1) is 14.6. The second-order valence-electron chi connectivity index (χ2n) is 5.42. The van der Waals surface area contributed by atoms with E-state index in [1.165, 1.54) is 4.90 Å². The summed E-state index contributed by atoms with van der Waals surface area (Å²) in [6.45, 7) is 3.50. The van der Waals surface area contributed by atoms with Gasteiger partial charge in [-0.3, -0.25) is 4.79 Å². The molecule has 0 radical (unpaired) electrons. The molecule has 0 aliphatic carbocycles. The van der Waals surface area contributed by atoms with Crippen molar-refractivity contribution in [3.8, 4) is 0 Å². The zero-order chi connectivity index (χ0) is 15.5. The molecule has 0 aromatic carbocycles. The molecule has 9 nitrogen and oxygen atoms in total. The topological polar surface area (TPSA) is 99.2 Å². The van der Waals surface area contributed by atoms with Crippen LogP contribution in [0.3, 0.4) is 0 Å². The summed E-state index contributed by atoms with van der Waals surface area (Å²) in [4.78, 5) is 13.8. The molecule has 3 heterocycles. The standard InChI is InChI=1S/C13H18N6O3/c1-9-11(16-22-15-9)7-18(2)13(20)12-8-19(17-14-12)6-10-4-3-5-21-10/h8,10H,3-7H2,1-2H3/t10-/m0/s1. The lowest BCUT2D eigenvalue weighted by atomic mass is 10.2. The number of rotatable bonds is 5. The SMILES string of the molecule is Cc1nonc1CN(C)C(=O)c1cn(C[C@@H]2CCCO2)nn1. The van der Waals surface area contributed by atoms with E-state index in [0.29, 0.717) is 30.2 Å². The van der Waals surface area contributed by atoms with E-state index in [4.69, 9.17) is 4.74 Å². The van der Waals surface area contributed by atoms with E-state index >= 15 is 0 Å². The van der Waals surface area contributed by atoms with Crippen LogP contribution in [0.1, 0.15) is 34.7 Å². The van der Waals surface area contributed by atoms with E-state index in [0.717, 1.165) is 19.4 Å². The Labute approximate surface area is 127 Å². The van der Waals surface area contributed by atoms with Gasteiger partial charge < -0.3 is 9.64 Å². The molecule has 1 aliphatic heterocycles. The third kappa shape index (κ3) is 3.14. The number of hydrogen-bond donors (Lipinski definition) is 0. The molecule has 0 saturated carbocycles. The van der Waals surface area contributed by atoms with Crippen molar-refractivity contribution in [1.29, 1.82) is 0 Å². The van der Waals surface area contributed by atoms with Crippen LogP contribution in [0.25, 0.3) is 0 Å². The summed E-state index contributed by atoms with van der Waals surface area (Å²) in [6.07, 6.45) is 3.89. The van der Waals surface area contributed by atoms with Gasteiger partial charge in [-0.15, -0.1) is 5.10 Å². The van der Waals surface area contributed by atoms with E-state index in [1.807, 2.05) is 0 Å². The molecule has 1 amide bonds. The molecule has 1 fully saturated rings. The summed E-state index contributed by atoms with van der Waals surface area (Å²) >= 11 is 0. The molecule has 1 saturated heterocycles. The minimum atomic E-state index is -0.221. The van der Waals surface area contributed by atoms with E-state index in [1.54, 1.807) is 24.9 Å². The number of carbonyl (C=O) groups excluding carboxylic acids is 1. The lowest BCUT2D eigenvalue weighted by molar-refractivity contribution is 0.0775. The van der Waals surface area contributed by atoms with Crippen molar-refractivity contribution < 1.29 is 14.2 Å². The van der Waals surface area contributed by atoms with Gasteiger partial charge >= 0.3 is 0 Å². The first-order valence-electron chi connectivity index (χ1n) is 7.18. The van der Waals surface area contributed by atoms with E-state index < -0.39 is 0 Å². The van der Waals surface area contributed by atoms with Crippen molar-refractivity contribution in [3.05, 3.63) is 23.3 Å². The Hall–Kier alpha value is -2.29. The number of hydrogen-bond acceptors (Lipinski definition) is 7. The molecule has 1 aliphatic rings. The number of aryl methyl sites for hydroxylation is 1. The third-order valence-corrected chi connectivity index (χ3v) is 3.65. The van der Waals surface area contributed by atoms with Gasteiger partial charge in [0, 0.05) is 13.7 Å². The molecule has 9 heteroatoms. The van der Waals surface area contributed by atoms with Crippen LogP contribution in [0.5, 0.6) is 0 Å². The fraction of sp³-hybridized carbons (Fsp3) is 0.615. The summed E-state index contributed by atoms with van der Waals surface area (Å²) < 4.78 is 11.8. The number of carbonyl (C=O) groups is 1. The highest BCUT2D eigenvalue weighted by molar-refractivity contribution is 5.91. The van der Waals surface area contributed by atoms with Crippen molar-refractivity contribution in [3.63, 3.8) is 0 Å². The second kappa shape index (κ2) is 6.22. The summed E-state index contributed by atoms with van der Waals surface area (Å²) in [7, 11) is 1.68. The molecule has 2 aromatic heterocycles. The summed E-state index contributed by atoms with van der Waals surface area (Å²) in [5.74, 6) is -0.221. The Bertz CT molecular complexity index is 646. The van der Waals surface area contributed by atoms with Gasteiger partial charge in [-0.05, 0) is 19.8 Å². The smallest absolute Gasteiger partial charge is 0.276 e. The van der Waals surface area contributed by atoms with E-state index in [-0.39, 0.29) is 12.0 Å². The van der Waals surface area contributed by atoms with Crippen LogP contribution in [-0.4, -0.2) is 55.9 Å². The minimum Gasteiger partial charge on any atom is -0.376 e. The lowest BCUT2D eigenvalue weighted by Gasteiger charge is -2.13. The fourth-order valence-electron chi connectivity index (χ4n) is 2.37. The largest absolute Gasteiger partial charge is 0.376 e. The molecule has 0 N–H and O–H groups in total. The number of aromatic nitrogens is 5. The van der Waals surface area contributed by atoms with Gasteiger partial charge in [-0.1, -0.05) is 15.5 Å². The highest BCUT2D eigenvalue weighted by Gasteiger charge is 2.21. The summed E-state index contributed by atoms with van der Waals surface area (Å²) in [6, 6.07) is 0. The van der Waals surface area contributed by atoms with Gasteiger partial charge in [0.1, 0.15) is 11.4 Å². The van der Waals surface area contributed by atoms with Crippen molar-refractivity contribution in [1.82, 2.24) is 30.2 Å². The van der Waals surface area contributed by atoms with E-state index in [9.17, 15) is 4.79 Å². The first-order valence-corrected chi connectivity index (χ1v) is 7.18. The highest BCUT2D eigenvalue weighted by atomic mass is 16.6. The average molecular weight is 306 g/mol. The van der Waals surface area contributed by atoms with Crippen LogP contribution in [0.15, 0.2) is 10.8 Å². The van der Waals surface area contributed by atoms with Crippen LogP contribution < -0.4 is 0 Å². The minimum absolute atomic E-state index is 0.159. The Balaban J connectivity index is 1.61. The number of ether oxygens (including phenoxy) is 1. The maximum absolute atomic E-state index is 12.3. The maximum Gasteiger partial charge on any atom is 0.276 e. The van der Waals surface area contributed by atoms with Crippen molar-refractivity contribution in [2.45, 2.75) is 39.0 Å². The summed E-state index contributed by atoms with van der Waals surface area (Å²) in [5.41, 5.74) is 1.60. The number of nitrogens with zero attached hydrogens (tertiary/aromatic N) is 6. The molecular weight excluding hydrogens is 288 g/mol. The van der Waals surface area contributed by atoms with E-state index in [2.05, 4.69) is 25.3 Å². The van der Waals surface area contributed by atoms with Crippen LogP contribution >= 0.6 is 0 Å². The van der Waals surface area contributed by atoms with Gasteiger partial charge in [0.2, 0.25) is 0 Å². The first-order chi connectivity index (χ1) is 10.6. The Morgan fingerprint density at radius 1 is 1.50 bits per heavy atom. The monoisotopic (exact) mass is 306 g/mol. The molecule has 3 rings (SSSR count). The van der Waals surface area contributed by atoms with Crippen molar-refractivity contribution in [2.24, 2.45) is 0 Å². The predicted molar refractivity (Wildman–Crippen MR) is 73.8 cm³/mol. The molecule has 2 aromatic rings. The molecule has 0 bridgehead atoms. The lowest BCUT2D eigenvalue weighted by Crippen LogP contribution is -2.27. The van der Waals surface area contributed by atoms with Crippen molar-refractivity contribution in [2.75, 3.05) is 13.7 Å². The van der Waals surface area contributed by atoms with Gasteiger partial charge in [-0.25, -0.2) is 9.31 Å². The van der Waals surface area contributed by atoms with Crippen molar-refractivity contribution >= 4 is 5.91 Å². The Kier molecular flexibility index (Phi) is 4.14. The quantitative estimate of drug-likeness (QED) is 0.789. The van der Waals surface area contributed by atoms with Crippen LogP contribution in [0, 0.1) is 6.92 Å². The van der Waals surface area contributed by atoms with Crippen LogP contribution in [0.2, 0.25) is 0 Å². The molecule has 0 unspecified atom stereocenters. The zero-order valence-corrected chi connectivity index (χ0v) is 12.6. The molecule has 1 atom stereocenters. The second-order valence-corrected chi connectivity index (χ2v) is 5.42. The van der Waals surface area contributed by atoms with Crippen LogP contribution in [0.4, 0.5) is 0 Å². The molecule has 0 spiro atoms. The normalized spacial score (nSPS) is 17.8. The van der Waals surface area contributed by atoms with Gasteiger partial charge in [-0.2, -0.15) is 0 Å². The average Bonchev–Trinajstić information content (AvgIpc) is 3.23. The number of amides is 1. The third-order valence-electron chi connectivity index (χ3n) is 3.65. The Morgan fingerprint density at radius 2 is 2.36 bits per heavy atom. The molecular formula is C13H18N6O3. The van der Waals surface area contributed by atoms with Crippen LogP contribution in [-0.2, 0) is 17.8 Å². The van der Waals surface area contributed by atoms with Gasteiger partial charge in [0.15, 0.2) is 5.69 Å². The predicted octanol–water partition coefficient (Wildman–Crippen LogP) is 0.421. The molecule has 22 heavy (non-hydrogen) atoms. The zero-order valence-electron chi connectivity index (χ0n) is 12.6. The Morgan fingerprint density at radius 3 is 3.05 bits per heavy atom. The summed E-state index contributed by atoms with van der Waals surface area (Å²) in [5, 5.41) is 15.4. The maximum atomic E-state index is 12.3. The van der Waals surface area contributed by atoms with Gasteiger partial charge in [0.25, 0.3) is 5.91 Å². The fourth-order valence-corrected chi connectivity index (χ4v) is 2.37. The van der Waals surface area contributed by atoms with Gasteiger partial charge in [0.05, 0.1) is 25.4 Å². The molecule has 118 valence electrons. The highest BCUT2D eigenvalue weighted by Crippen LogP contribution is 2.14.